The molecule has 0 saturated carbocycles. The van der Waals surface area contributed by atoms with Crippen LogP contribution in [-0.2, 0) is 11.4 Å². The predicted molar refractivity (Wildman–Crippen MR) is 71.2 cm³/mol. The second kappa shape index (κ2) is 5.49. The maximum absolute atomic E-state index is 9.54. The molecule has 0 radical (unpaired) electrons. The molecule has 0 aliphatic heterocycles. The summed E-state index contributed by atoms with van der Waals surface area (Å²) >= 11 is 6.56. The minimum absolute atomic E-state index is 0.209. The number of nitrogens with one attached hydrogen (secondary N) is 1. The molecule has 0 aliphatic rings. The molecule has 16 heavy (non-hydrogen) atoms. The maximum atomic E-state index is 9.54. The van der Waals surface area contributed by atoms with Gasteiger partial charge in [-0.15, -0.1) is 0 Å². The molecular weight excluding hydrogens is 338 g/mol. The van der Waals surface area contributed by atoms with Crippen LogP contribution in [0.4, 0.5) is 0 Å². The Bertz CT molecular complexity index is 352. The summed E-state index contributed by atoms with van der Waals surface area (Å²) in [7, 11) is 0. The number of hydrogen-bond acceptors (Lipinski definition) is 3. The lowest BCUT2D eigenvalue weighted by Gasteiger charge is -2.19. The summed E-state index contributed by atoms with van der Waals surface area (Å²) in [6, 6.07) is 3.69. The van der Waals surface area contributed by atoms with Crippen molar-refractivity contribution < 1.29 is 9.94 Å². The zero-order valence-corrected chi connectivity index (χ0v) is 12.6. The molecule has 90 valence electrons. The van der Waals surface area contributed by atoms with Crippen LogP contribution in [0.5, 0.6) is 5.75 Å². The van der Waals surface area contributed by atoms with E-state index < -0.39 is 0 Å². The van der Waals surface area contributed by atoms with Gasteiger partial charge in [-0.3, -0.25) is 4.84 Å². The number of benzene rings is 1. The van der Waals surface area contributed by atoms with Crippen LogP contribution < -0.4 is 5.48 Å². The van der Waals surface area contributed by atoms with E-state index >= 15 is 0 Å². The second-order valence-electron chi connectivity index (χ2n) is 4.44. The van der Waals surface area contributed by atoms with Gasteiger partial charge < -0.3 is 5.11 Å². The number of hydrogen-bond donors (Lipinski definition) is 2. The summed E-state index contributed by atoms with van der Waals surface area (Å²) in [6.07, 6.45) is 0. The Hall–Kier alpha value is -0.100. The Morgan fingerprint density at radius 2 is 1.75 bits per heavy atom. The van der Waals surface area contributed by atoms with Gasteiger partial charge in [-0.2, -0.15) is 5.48 Å². The maximum Gasteiger partial charge on any atom is 0.143 e. The molecule has 1 rings (SSSR count). The number of phenolic OH excluding ortho intramolecular Hbond substituents is 1. The van der Waals surface area contributed by atoms with E-state index in [1.165, 1.54) is 0 Å². The Morgan fingerprint density at radius 1 is 1.25 bits per heavy atom. The average Bonchev–Trinajstić information content (AvgIpc) is 2.12. The molecule has 0 unspecified atom stereocenters. The molecule has 1 aromatic rings. The Morgan fingerprint density at radius 3 is 2.19 bits per heavy atom. The molecule has 5 heteroatoms. The fraction of sp³-hybridized carbons (Fsp3) is 0.455. The van der Waals surface area contributed by atoms with Crippen LogP contribution in [0.25, 0.3) is 0 Å². The Kier molecular flexibility index (Phi) is 4.79. The molecule has 0 aromatic heterocycles. The second-order valence-corrected chi connectivity index (χ2v) is 6.15. The number of hydroxylamine groups is 1. The number of halogens is 2. The zero-order chi connectivity index (χ0) is 12.3. The summed E-state index contributed by atoms with van der Waals surface area (Å²) < 4.78 is 1.32. The van der Waals surface area contributed by atoms with Gasteiger partial charge in [-0.1, -0.05) is 0 Å². The highest BCUT2D eigenvalue weighted by Crippen LogP contribution is 2.33. The van der Waals surface area contributed by atoms with E-state index in [4.69, 9.17) is 4.84 Å². The summed E-state index contributed by atoms with van der Waals surface area (Å²) in [5, 5.41) is 9.54. The standard InChI is InChI=1S/C11H15Br2NO2/c1-11(2,3)16-14-6-7-4-8(12)10(15)9(13)5-7/h4-5,14-15H,6H2,1-3H3. The quantitative estimate of drug-likeness (QED) is 0.814. The highest BCUT2D eigenvalue weighted by atomic mass is 79.9. The Balaban J connectivity index is 2.62. The lowest BCUT2D eigenvalue weighted by molar-refractivity contribution is -0.0757. The molecule has 1 aromatic carbocycles. The minimum Gasteiger partial charge on any atom is -0.506 e. The third-order valence-electron chi connectivity index (χ3n) is 1.73. The first-order chi connectivity index (χ1) is 7.29. The fourth-order valence-electron chi connectivity index (χ4n) is 1.06. The van der Waals surface area contributed by atoms with E-state index in [1.807, 2.05) is 32.9 Å². The van der Waals surface area contributed by atoms with Crippen molar-refractivity contribution in [3.05, 3.63) is 26.6 Å². The normalized spacial score (nSPS) is 11.8. The first-order valence-electron chi connectivity index (χ1n) is 4.87. The SMILES string of the molecule is CC(C)(C)ONCc1cc(Br)c(O)c(Br)c1. The van der Waals surface area contributed by atoms with Crippen molar-refractivity contribution in [2.24, 2.45) is 0 Å². The van der Waals surface area contributed by atoms with Gasteiger partial charge in [0.1, 0.15) is 5.75 Å². The third-order valence-corrected chi connectivity index (χ3v) is 2.94. The van der Waals surface area contributed by atoms with E-state index in [-0.39, 0.29) is 11.4 Å². The molecule has 0 aliphatic carbocycles. The molecular formula is C11H15Br2NO2. The van der Waals surface area contributed by atoms with Gasteiger partial charge in [0.25, 0.3) is 0 Å². The van der Waals surface area contributed by atoms with Crippen LogP contribution >= 0.6 is 31.9 Å². The van der Waals surface area contributed by atoms with Crippen LogP contribution in [-0.4, -0.2) is 10.7 Å². The largest absolute Gasteiger partial charge is 0.506 e. The van der Waals surface area contributed by atoms with Crippen molar-refractivity contribution in [1.29, 1.82) is 0 Å². The molecule has 0 bridgehead atoms. The number of rotatable bonds is 3. The summed E-state index contributed by atoms with van der Waals surface area (Å²) in [5.74, 6) is 0.209. The van der Waals surface area contributed by atoms with Gasteiger partial charge >= 0.3 is 0 Å². The van der Waals surface area contributed by atoms with Crippen molar-refractivity contribution in [3.8, 4) is 5.75 Å². The summed E-state index contributed by atoms with van der Waals surface area (Å²) in [6.45, 7) is 6.50. The monoisotopic (exact) mass is 351 g/mol. The highest BCUT2D eigenvalue weighted by Gasteiger charge is 2.10. The minimum atomic E-state index is -0.217. The predicted octanol–water partition coefficient (Wildman–Crippen LogP) is 3.74. The van der Waals surface area contributed by atoms with E-state index in [0.717, 1.165) is 5.56 Å². The molecule has 3 nitrogen and oxygen atoms in total. The number of aromatic hydroxyl groups is 1. The molecule has 0 saturated heterocycles. The lowest BCUT2D eigenvalue weighted by Crippen LogP contribution is -2.28. The van der Waals surface area contributed by atoms with Crippen LogP contribution in [0.3, 0.4) is 0 Å². The van der Waals surface area contributed by atoms with E-state index in [0.29, 0.717) is 15.5 Å². The van der Waals surface area contributed by atoms with E-state index in [9.17, 15) is 5.11 Å². The highest BCUT2D eigenvalue weighted by molar-refractivity contribution is 9.11. The first-order valence-corrected chi connectivity index (χ1v) is 6.46. The van der Waals surface area contributed by atoms with E-state index in [1.54, 1.807) is 0 Å². The van der Waals surface area contributed by atoms with Crippen molar-refractivity contribution in [2.75, 3.05) is 0 Å². The van der Waals surface area contributed by atoms with Crippen molar-refractivity contribution >= 4 is 31.9 Å². The Labute approximate surface area is 112 Å². The van der Waals surface area contributed by atoms with Gasteiger partial charge in [0.15, 0.2) is 0 Å². The topological polar surface area (TPSA) is 41.5 Å². The van der Waals surface area contributed by atoms with Gasteiger partial charge in [0.05, 0.1) is 14.5 Å². The van der Waals surface area contributed by atoms with Crippen LogP contribution in [0.15, 0.2) is 21.1 Å². The summed E-state index contributed by atoms with van der Waals surface area (Å²) in [5.41, 5.74) is 3.69. The summed E-state index contributed by atoms with van der Waals surface area (Å²) in [4.78, 5) is 5.40. The molecule has 0 spiro atoms. The average molecular weight is 353 g/mol. The van der Waals surface area contributed by atoms with Crippen LogP contribution in [0, 0.1) is 0 Å². The molecule has 0 amide bonds. The van der Waals surface area contributed by atoms with Crippen molar-refractivity contribution in [3.63, 3.8) is 0 Å². The molecule has 0 atom stereocenters. The van der Waals surface area contributed by atoms with Crippen molar-refractivity contribution in [2.45, 2.75) is 32.9 Å². The van der Waals surface area contributed by atoms with E-state index in [2.05, 4.69) is 37.3 Å². The lowest BCUT2D eigenvalue weighted by atomic mass is 10.2. The van der Waals surface area contributed by atoms with Gasteiger partial charge in [-0.05, 0) is 70.3 Å². The zero-order valence-electron chi connectivity index (χ0n) is 9.47. The molecule has 2 N–H and O–H groups in total. The number of phenols is 1. The smallest absolute Gasteiger partial charge is 0.143 e. The van der Waals surface area contributed by atoms with Crippen molar-refractivity contribution in [1.82, 2.24) is 5.48 Å². The fourth-order valence-corrected chi connectivity index (χ4v) is 2.34. The molecule has 0 heterocycles. The first kappa shape index (κ1) is 14.0. The van der Waals surface area contributed by atoms with Gasteiger partial charge in [0.2, 0.25) is 0 Å². The molecule has 0 fully saturated rings. The van der Waals surface area contributed by atoms with Gasteiger partial charge in [0, 0.05) is 6.54 Å². The van der Waals surface area contributed by atoms with Crippen LogP contribution in [0.1, 0.15) is 26.3 Å². The van der Waals surface area contributed by atoms with Crippen LogP contribution in [0.2, 0.25) is 0 Å². The van der Waals surface area contributed by atoms with Gasteiger partial charge in [-0.25, -0.2) is 0 Å². The third kappa shape index (κ3) is 4.41.